The molecule has 2 aliphatic rings. The minimum Gasteiger partial charge on any atom is -0.497 e. The molecule has 1 amide bonds. The molecule has 2 heterocycles. The highest BCUT2D eigenvalue weighted by Crippen LogP contribution is 2.34. The Bertz CT molecular complexity index is 1110. The van der Waals surface area contributed by atoms with E-state index < -0.39 is 10.0 Å². The summed E-state index contributed by atoms with van der Waals surface area (Å²) in [5, 5.41) is 0. The summed E-state index contributed by atoms with van der Waals surface area (Å²) in [5.74, 6) is 1.42. The molecule has 0 saturated carbocycles. The monoisotopic (exact) mass is 455 g/mol. The number of likely N-dealkylation sites (tertiary alicyclic amines) is 1. The van der Waals surface area contributed by atoms with E-state index in [0.717, 1.165) is 50.0 Å². The lowest BCUT2D eigenvalue weighted by atomic mass is 10.0. The summed E-state index contributed by atoms with van der Waals surface area (Å²) in [4.78, 5) is 19.5. The van der Waals surface area contributed by atoms with Gasteiger partial charge in [-0.1, -0.05) is 30.7 Å². The summed E-state index contributed by atoms with van der Waals surface area (Å²) in [5.41, 5.74) is 1.76. The molecule has 2 aromatic rings. The van der Waals surface area contributed by atoms with Gasteiger partial charge in [0.25, 0.3) is 10.0 Å². The average molecular weight is 456 g/mol. The van der Waals surface area contributed by atoms with Crippen LogP contribution in [0.4, 0.5) is 0 Å². The van der Waals surface area contributed by atoms with Gasteiger partial charge in [-0.25, -0.2) is 8.42 Å². The van der Waals surface area contributed by atoms with Crippen LogP contribution in [0.2, 0.25) is 0 Å². The average Bonchev–Trinajstić information content (AvgIpc) is 3.39. The van der Waals surface area contributed by atoms with E-state index in [-0.39, 0.29) is 16.8 Å². The van der Waals surface area contributed by atoms with Gasteiger partial charge in [-0.05, 0) is 55.5 Å². The molecule has 7 nitrogen and oxygen atoms in total. The highest BCUT2D eigenvalue weighted by atomic mass is 32.2. The van der Waals surface area contributed by atoms with E-state index in [1.165, 1.54) is 0 Å². The van der Waals surface area contributed by atoms with Gasteiger partial charge in [0.1, 0.15) is 11.6 Å². The Kier molecular flexibility index (Phi) is 6.79. The number of hydrogen-bond acceptors (Lipinski definition) is 5. The molecule has 170 valence electrons. The van der Waals surface area contributed by atoms with Crippen molar-refractivity contribution in [3.8, 4) is 5.75 Å². The third kappa shape index (κ3) is 4.80. The number of carbonyl (C=O) groups is 1. The third-order valence-electron chi connectivity index (χ3n) is 6.03. The summed E-state index contributed by atoms with van der Waals surface area (Å²) in [6.45, 7) is 1.32. The number of amides is 1. The molecule has 2 aliphatic heterocycles. The molecule has 32 heavy (non-hydrogen) atoms. The topological polar surface area (TPSA) is 88.1 Å². The standard InChI is InChI=1S/C24H29N3O4S/c1-31-19-10-7-9-18(17-19)21-12-8-16-27(21)23(28)14-3-2-6-15-25-24-20-11-4-5-13-22(20)32(29,30)26-24/h4-5,7,9-11,13,17,21H,2-3,6,8,12,14-16H2,1H3,(H,25,26). The molecule has 0 aliphatic carbocycles. The first-order chi connectivity index (χ1) is 15.5. The van der Waals surface area contributed by atoms with Crippen LogP contribution in [0.15, 0.2) is 58.4 Å². The molecule has 1 unspecified atom stereocenters. The van der Waals surface area contributed by atoms with Crippen molar-refractivity contribution in [1.29, 1.82) is 0 Å². The van der Waals surface area contributed by atoms with E-state index in [0.29, 0.717) is 24.4 Å². The number of fused-ring (bicyclic) bond motifs is 1. The number of ether oxygens (including phenoxy) is 1. The van der Waals surface area contributed by atoms with Crippen molar-refractivity contribution in [3.63, 3.8) is 0 Å². The fraction of sp³-hybridized carbons (Fsp3) is 0.417. The fourth-order valence-corrected chi connectivity index (χ4v) is 5.66. The minimum absolute atomic E-state index is 0.124. The molecular formula is C24H29N3O4S. The number of rotatable bonds is 8. The smallest absolute Gasteiger partial charge is 0.263 e. The first kappa shape index (κ1) is 22.3. The van der Waals surface area contributed by atoms with E-state index in [4.69, 9.17) is 4.74 Å². The van der Waals surface area contributed by atoms with Gasteiger partial charge < -0.3 is 9.64 Å². The van der Waals surface area contributed by atoms with Crippen molar-refractivity contribution < 1.29 is 17.9 Å². The number of sulfonamides is 1. The van der Waals surface area contributed by atoms with Crippen LogP contribution in [0, 0.1) is 0 Å². The highest BCUT2D eigenvalue weighted by Gasteiger charge is 2.30. The van der Waals surface area contributed by atoms with Crippen LogP contribution in [-0.4, -0.2) is 45.3 Å². The number of benzene rings is 2. The van der Waals surface area contributed by atoms with Gasteiger partial charge in [-0.2, -0.15) is 0 Å². The molecule has 1 saturated heterocycles. The second kappa shape index (κ2) is 9.73. The molecular weight excluding hydrogens is 426 g/mol. The molecule has 0 bridgehead atoms. The Morgan fingerprint density at radius 1 is 1.16 bits per heavy atom. The second-order valence-electron chi connectivity index (χ2n) is 8.16. The maximum atomic E-state index is 12.8. The summed E-state index contributed by atoms with van der Waals surface area (Å²) in [6, 6.07) is 15.0. The van der Waals surface area contributed by atoms with Crippen molar-refractivity contribution in [2.75, 3.05) is 20.2 Å². The molecule has 1 atom stereocenters. The zero-order chi connectivity index (χ0) is 22.6. The molecule has 4 rings (SSSR count). The maximum Gasteiger partial charge on any atom is 0.263 e. The summed E-state index contributed by atoms with van der Waals surface area (Å²) < 4.78 is 32.1. The molecule has 1 N–H and O–H groups in total. The maximum absolute atomic E-state index is 12.8. The van der Waals surface area contributed by atoms with Crippen LogP contribution >= 0.6 is 0 Å². The Hall–Kier alpha value is -2.87. The van der Waals surface area contributed by atoms with Gasteiger partial charge in [0.2, 0.25) is 5.91 Å². The predicted octanol–water partition coefficient (Wildman–Crippen LogP) is 3.66. The van der Waals surface area contributed by atoms with Crippen molar-refractivity contribution >= 4 is 21.8 Å². The largest absolute Gasteiger partial charge is 0.497 e. The number of carbonyl (C=O) groups excluding carboxylic acids is 1. The summed E-state index contributed by atoms with van der Waals surface area (Å²) >= 11 is 0. The zero-order valence-corrected chi connectivity index (χ0v) is 19.1. The molecule has 2 aromatic carbocycles. The van der Waals surface area contributed by atoms with Crippen LogP contribution in [0.3, 0.4) is 0 Å². The molecule has 8 heteroatoms. The first-order valence-electron chi connectivity index (χ1n) is 11.1. The Balaban J connectivity index is 1.25. The number of nitrogens with one attached hydrogen (secondary N) is 1. The summed E-state index contributed by atoms with van der Waals surface area (Å²) in [7, 11) is -1.84. The predicted molar refractivity (Wildman–Crippen MR) is 123 cm³/mol. The summed E-state index contributed by atoms with van der Waals surface area (Å²) in [6.07, 6.45) is 4.99. The van der Waals surface area contributed by atoms with Crippen LogP contribution in [-0.2, 0) is 14.8 Å². The van der Waals surface area contributed by atoms with Crippen LogP contribution < -0.4 is 9.46 Å². The van der Waals surface area contributed by atoms with Gasteiger partial charge in [0.15, 0.2) is 0 Å². The number of unbranched alkanes of at least 4 members (excludes halogenated alkanes) is 2. The van der Waals surface area contributed by atoms with E-state index in [2.05, 4.69) is 15.8 Å². The second-order valence-corrected chi connectivity index (χ2v) is 9.82. The van der Waals surface area contributed by atoms with Gasteiger partial charge in [-0.15, -0.1) is 0 Å². The minimum atomic E-state index is -3.49. The number of methoxy groups -OCH3 is 1. The van der Waals surface area contributed by atoms with Crippen LogP contribution in [0.25, 0.3) is 0 Å². The Morgan fingerprint density at radius 3 is 2.84 bits per heavy atom. The van der Waals surface area contributed by atoms with Gasteiger partial charge >= 0.3 is 0 Å². The molecule has 0 radical (unpaired) electrons. The quantitative estimate of drug-likeness (QED) is 0.616. The first-order valence-corrected chi connectivity index (χ1v) is 12.6. The van der Waals surface area contributed by atoms with Gasteiger partial charge in [0, 0.05) is 25.1 Å². The van der Waals surface area contributed by atoms with Crippen molar-refractivity contribution in [3.05, 3.63) is 59.7 Å². The third-order valence-corrected chi connectivity index (χ3v) is 7.43. The van der Waals surface area contributed by atoms with Gasteiger partial charge in [0.05, 0.1) is 18.0 Å². The Morgan fingerprint density at radius 2 is 2.00 bits per heavy atom. The SMILES string of the molecule is COc1cccc(C2CCCN2C(=O)CCCCCN=C2NS(=O)(=O)c3ccccc32)c1. The zero-order valence-electron chi connectivity index (χ0n) is 18.3. The number of hydrogen-bond donors (Lipinski definition) is 1. The number of nitrogens with zero attached hydrogens (tertiary/aromatic N) is 2. The lowest BCUT2D eigenvalue weighted by Crippen LogP contribution is -2.30. The van der Waals surface area contributed by atoms with Gasteiger partial charge in [-0.3, -0.25) is 14.5 Å². The van der Waals surface area contributed by atoms with Crippen molar-refractivity contribution in [2.45, 2.75) is 49.5 Å². The van der Waals surface area contributed by atoms with E-state index in [1.54, 1.807) is 31.4 Å². The van der Waals surface area contributed by atoms with Crippen LogP contribution in [0.5, 0.6) is 5.75 Å². The van der Waals surface area contributed by atoms with Crippen molar-refractivity contribution in [1.82, 2.24) is 9.62 Å². The fourth-order valence-electron chi connectivity index (χ4n) is 4.41. The number of aliphatic imine (C=N–C) groups is 1. The van der Waals surface area contributed by atoms with E-state index in [9.17, 15) is 13.2 Å². The Labute approximate surface area is 189 Å². The van der Waals surface area contributed by atoms with E-state index >= 15 is 0 Å². The van der Waals surface area contributed by atoms with Crippen LogP contribution in [0.1, 0.15) is 55.7 Å². The number of amidine groups is 1. The lowest BCUT2D eigenvalue weighted by Gasteiger charge is -2.25. The molecule has 0 aromatic heterocycles. The van der Waals surface area contributed by atoms with Crippen molar-refractivity contribution in [2.24, 2.45) is 4.99 Å². The lowest BCUT2D eigenvalue weighted by molar-refractivity contribution is -0.132. The molecule has 0 spiro atoms. The highest BCUT2D eigenvalue weighted by molar-refractivity contribution is 7.90. The van der Waals surface area contributed by atoms with E-state index in [1.807, 2.05) is 23.1 Å². The normalized spacial score (nSPS) is 20.2. The molecule has 1 fully saturated rings.